The summed E-state index contributed by atoms with van der Waals surface area (Å²) in [5.74, 6) is 0.918. The van der Waals surface area contributed by atoms with E-state index in [1.54, 1.807) is 0 Å². The molecule has 1 aliphatic rings. The molecule has 1 aliphatic carbocycles. The molecule has 3 heteroatoms. The highest BCUT2D eigenvalue weighted by Crippen LogP contribution is 2.28. The third-order valence-electron chi connectivity index (χ3n) is 5.23. The van der Waals surface area contributed by atoms with Gasteiger partial charge in [0.25, 0.3) is 0 Å². The van der Waals surface area contributed by atoms with Gasteiger partial charge in [-0.2, -0.15) is 0 Å². The number of nitrogens with one attached hydrogen (secondary N) is 1. The Hall–Kier alpha value is -0.120. The first-order chi connectivity index (χ1) is 10.2. The van der Waals surface area contributed by atoms with Gasteiger partial charge in [-0.25, -0.2) is 0 Å². The molecule has 0 heterocycles. The van der Waals surface area contributed by atoms with Crippen molar-refractivity contribution in [3.63, 3.8) is 0 Å². The van der Waals surface area contributed by atoms with E-state index in [1.165, 1.54) is 71.4 Å². The monoisotopic (exact) mass is 297 g/mol. The van der Waals surface area contributed by atoms with E-state index in [-0.39, 0.29) is 0 Å². The Morgan fingerprint density at radius 2 is 1.52 bits per heavy atom. The van der Waals surface area contributed by atoms with Crippen LogP contribution in [0.2, 0.25) is 0 Å². The summed E-state index contributed by atoms with van der Waals surface area (Å²) in [5.41, 5.74) is 0. The summed E-state index contributed by atoms with van der Waals surface area (Å²) < 4.78 is 0. The van der Waals surface area contributed by atoms with Gasteiger partial charge in [-0.1, -0.05) is 34.1 Å². The zero-order valence-electron chi connectivity index (χ0n) is 15.0. The zero-order chi connectivity index (χ0) is 15.5. The van der Waals surface area contributed by atoms with E-state index in [2.05, 4.69) is 42.8 Å². The molecule has 0 aromatic heterocycles. The first-order valence-electron chi connectivity index (χ1n) is 9.43. The van der Waals surface area contributed by atoms with Crippen LogP contribution < -0.4 is 5.32 Å². The standard InChI is InChI=1S/C18H39N3/c1-5-19-18-12-9-11-17(18)13-16-21(8-4)15-10-14-20(6-2)7-3/h17-19H,5-16H2,1-4H3. The molecular formula is C18H39N3. The first-order valence-corrected chi connectivity index (χ1v) is 9.43. The van der Waals surface area contributed by atoms with E-state index in [0.29, 0.717) is 0 Å². The molecule has 1 rings (SSSR count). The average Bonchev–Trinajstić information content (AvgIpc) is 2.94. The molecule has 1 N–H and O–H groups in total. The molecule has 0 spiro atoms. The lowest BCUT2D eigenvalue weighted by Gasteiger charge is -2.26. The van der Waals surface area contributed by atoms with E-state index >= 15 is 0 Å². The van der Waals surface area contributed by atoms with Crippen molar-refractivity contribution in [2.24, 2.45) is 5.92 Å². The van der Waals surface area contributed by atoms with Crippen LogP contribution in [-0.2, 0) is 0 Å². The van der Waals surface area contributed by atoms with Crippen LogP contribution in [0.4, 0.5) is 0 Å². The van der Waals surface area contributed by atoms with Crippen LogP contribution in [0.25, 0.3) is 0 Å². The van der Waals surface area contributed by atoms with Crippen molar-refractivity contribution in [1.29, 1.82) is 0 Å². The van der Waals surface area contributed by atoms with Crippen molar-refractivity contribution in [3.8, 4) is 0 Å². The highest BCUT2D eigenvalue weighted by atomic mass is 15.1. The fraction of sp³-hybridized carbons (Fsp3) is 1.00. The molecule has 0 saturated heterocycles. The van der Waals surface area contributed by atoms with Gasteiger partial charge in [-0.3, -0.25) is 0 Å². The Morgan fingerprint density at radius 1 is 0.857 bits per heavy atom. The normalized spacial score (nSPS) is 22.6. The maximum absolute atomic E-state index is 3.68. The van der Waals surface area contributed by atoms with Gasteiger partial charge in [0.05, 0.1) is 0 Å². The molecule has 0 bridgehead atoms. The molecule has 3 nitrogen and oxygen atoms in total. The average molecular weight is 298 g/mol. The predicted octanol–water partition coefficient (Wildman–Crippen LogP) is 3.21. The second kappa shape index (κ2) is 11.4. The Bertz CT molecular complexity index is 241. The van der Waals surface area contributed by atoms with Gasteiger partial charge in [-0.05, 0) is 77.4 Å². The van der Waals surface area contributed by atoms with Crippen molar-refractivity contribution < 1.29 is 0 Å². The zero-order valence-corrected chi connectivity index (χ0v) is 15.0. The molecule has 2 atom stereocenters. The number of hydrogen-bond acceptors (Lipinski definition) is 3. The molecule has 126 valence electrons. The van der Waals surface area contributed by atoms with E-state index in [9.17, 15) is 0 Å². The van der Waals surface area contributed by atoms with Crippen LogP contribution in [0, 0.1) is 5.92 Å². The summed E-state index contributed by atoms with van der Waals surface area (Å²) in [6, 6.07) is 0.796. The molecule has 0 aromatic carbocycles. The molecular weight excluding hydrogens is 258 g/mol. The van der Waals surface area contributed by atoms with Crippen LogP contribution >= 0.6 is 0 Å². The lowest BCUT2D eigenvalue weighted by atomic mass is 9.99. The molecule has 1 saturated carbocycles. The fourth-order valence-corrected chi connectivity index (χ4v) is 3.75. The maximum atomic E-state index is 3.68. The van der Waals surface area contributed by atoms with Crippen molar-refractivity contribution in [1.82, 2.24) is 15.1 Å². The predicted molar refractivity (Wildman–Crippen MR) is 93.9 cm³/mol. The minimum atomic E-state index is 0.796. The summed E-state index contributed by atoms with van der Waals surface area (Å²) in [6.07, 6.45) is 6.96. The van der Waals surface area contributed by atoms with Crippen LogP contribution in [0.5, 0.6) is 0 Å². The largest absolute Gasteiger partial charge is 0.314 e. The third-order valence-corrected chi connectivity index (χ3v) is 5.23. The SMILES string of the molecule is CCNC1CCCC1CCN(CC)CCCN(CC)CC. The molecule has 21 heavy (non-hydrogen) atoms. The van der Waals surface area contributed by atoms with Gasteiger partial charge >= 0.3 is 0 Å². The third kappa shape index (κ3) is 7.12. The van der Waals surface area contributed by atoms with Crippen molar-refractivity contribution in [2.45, 2.75) is 65.8 Å². The van der Waals surface area contributed by atoms with Crippen LogP contribution in [0.1, 0.15) is 59.8 Å². The summed E-state index contributed by atoms with van der Waals surface area (Å²) in [4.78, 5) is 5.19. The second-order valence-corrected chi connectivity index (χ2v) is 6.46. The van der Waals surface area contributed by atoms with E-state index < -0.39 is 0 Å². The minimum absolute atomic E-state index is 0.796. The Kier molecular flexibility index (Phi) is 10.3. The summed E-state index contributed by atoms with van der Waals surface area (Å²) in [5, 5.41) is 3.68. The van der Waals surface area contributed by atoms with Gasteiger partial charge in [0.1, 0.15) is 0 Å². The van der Waals surface area contributed by atoms with Crippen LogP contribution in [0.15, 0.2) is 0 Å². The van der Waals surface area contributed by atoms with Gasteiger partial charge in [-0.15, -0.1) is 0 Å². The topological polar surface area (TPSA) is 18.5 Å². The minimum Gasteiger partial charge on any atom is -0.314 e. The summed E-state index contributed by atoms with van der Waals surface area (Å²) in [6.45, 7) is 17.6. The Labute approximate surface area is 133 Å². The van der Waals surface area contributed by atoms with Crippen LogP contribution in [0.3, 0.4) is 0 Å². The maximum Gasteiger partial charge on any atom is 0.00956 e. The van der Waals surface area contributed by atoms with Crippen molar-refractivity contribution >= 4 is 0 Å². The lowest BCUT2D eigenvalue weighted by molar-refractivity contribution is 0.225. The quantitative estimate of drug-likeness (QED) is 0.597. The molecule has 0 aliphatic heterocycles. The van der Waals surface area contributed by atoms with Crippen LogP contribution in [-0.4, -0.2) is 61.7 Å². The second-order valence-electron chi connectivity index (χ2n) is 6.46. The van der Waals surface area contributed by atoms with E-state index in [0.717, 1.165) is 18.5 Å². The molecule has 0 radical (unpaired) electrons. The van der Waals surface area contributed by atoms with Crippen molar-refractivity contribution in [2.75, 3.05) is 45.8 Å². The van der Waals surface area contributed by atoms with Gasteiger partial charge in [0.15, 0.2) is 0 Å². The first kappa shape index (κ1) is 18.9. The number of rotatable bonds is 12. The highest BCUT2D eigenvalue weighted by molar-refractivity contribution is 4.83. The van der Waals surface area contributed by atoms with Gasteiger partial charge in [0, 0.05) is 6.04 Å². The van der Waals surface area contributed by atoms with Crippen molar-refractivity contribution in [3.05, 3.63) is 0 Å². The lowest BCUT2D eigenvalue weighted by Crippen LogP contribution is -2.35. The van der Waals surface area contributed by atoms with Gasteiger partial charge in [0.2, 0.25) is 0 Å². The van der Waals surface area contributed by atoms with E-state index in [4.69, 9.17) is 0 Å². The smallest absolute Gasteiger partial charge is 0.00956 e. The fourth-order valence-electron chi connectivity index (χ4n) is 3.75. The molecule has 0 amide bonds. The highest BCUT2D eigenvalue weighted by Gasteiger charge is 2.26. The van der Waals surface area contributed by atoms with E-state index in [1.807, 2.05) is 0 Å². The number of hydrogen-bond donors (Lipinski definition) is 1. The number of nitrogens with zero attached hydrogens (tertiary/aromatic N) is 2. The van der Waals surface area contributed by atoms with Gasteiger partial charge < -0.3 is 15.1 Å². The molecule has 2 unspecified atom stereocenters. The Balaban J connectivity index is 2.21. The summed E-state index contributed by atoms with van der Waals surface area (Å²) >= 11 is 0. The summed E-state index contributed by atoms with van der Waals surface area (Å²) in [7, 11) is 0. The molecule has 0 aromatic rings. The Morgan fingerprint density at radius 3 is 2.14 bits per heavy atom. The molecule has 1 fully saturated rings.